The minimum Gasteiger partial charge on any atom is -0.493 e. The number of unbranched alkanes of at least 4 members (excludes halogenated alkanes) is 6. The van der Waals surface area contributed by atoms with Crippen molar-refractivity contribution < 1.29 is 21.2 Å². The summed E-state index contributed by atoms with van der Waals surface area (Å²) in [6, 6.07) is 9.59. The monoisotopic (exact) mass is 684 g/mol. The van der Waals surface area contributed by atoms with Crippen LogP contribution in [-0.2, 0) is 55.0 Å². The molecule has 0 bridgehead atoms. The standard InChI is InChI=1S/C40H60N2.2C2H5.Ni/c1-7-13-19-31-27-35(28-32(20-14-8-2)37(31)23-17-11-5)39-25-26-40(42(39)41)36-29-33(21-15-9-3)38(24-18-12-6)34(30-36)22-16-10-4;2*1-2;/h25-30H,7-24H2,1-6H3;2*1H2,2H3;/q;2*-1;+2. The fourth-order valence-electron chi connectivity index (χ4n) is 6.47. The molecule has 0 radical (unpaired) electrons. The molecule has 0 saturated carbocycles. The van der Waals surface area contributed by atoms with E-state index in [1.54, 1.807) is 25.0 Å². The second kappa shape index (κ2) is 26.9. The van der Waals surface area contributed by atoms with Crippen molar-refractivity contribution in [1.29, 1.82) is 0 Å². The minimum absolute atomic E-state index is 0. The Labute approximate surface area is 302 Å². The van der Waals surface area contributed by atoms with E-state index in [0.29, 0.717) is 0 Å². The van der Waals surface area contributed by atoms with Crippen molar-refractivity contribution in [1.82, 2.24) is 0 Å². The van der Waals surface area contributed by atoms with Crippen molar-refractivity contribution in [2.75, 3.05) is 0 Å². The maximum atomic E-state index is 11.7. The van der Waals surface area contributed by atoms with E-state index in [9.17, 15) is 5.53 Å². The molecule has 1 aliphatic rings. The summed E-state index contributed by atoms with van der Waals surface area (Å²) in [5.41, 5.74) is 25.1. The molecule has 47 heavy (non-hydrogen) atoms. The topological polar surface area (TPSA) is 25.3 Å². The van der Waals surface area contributed by atoms with Gasteiger partial charge in [-0.15, -0.1) is 0 Å². The van der Waals surface area contributed by atoms with E-state index in [1.165, 1.54) is 117 Å². The molecule has 1 aliphatic heterocycles. The number of hydrogen-bond acceptors (Lipinski definition) is 0. The van der Waals surface area contributed by atoms with Gasteiger partial charge in [0, 0.05) is 23.3 Å². The van der Waals surface area contributed by atoms with Gasteiger partial charge >= 0.3 is 16.5 Å². The van der Waals surface area contributed by atoms with Gasteiger partial charge in [0.05, 0.1) is 0 Å². The average molecular weight is 686 g/mol. The Balaban J connectivity index is 0.00000407. The third-order valence-corrected chi connectivity index (χ3v) is 9.08. The van der Waals surface area contributed by atoms with Crippen LogP contribution in [0.1, 0.15) is 177 Å². The SMILES string of the molecule is CCCCc1cc(C2=CC=C(c3cc(CCCC)c(CCCC)c(CCCC)c3)[N+]2=[N-])cc(CCCC)c1CCCC.[CH2-]C.[CH2-]C.[Ni+2]. The van der Waals surface area contributed by atoms with E-state index in [4.69, 9.17) is 0 Å². The summed E-state index contributed by atoms with van der Waals surface area (Å²) in [6.45, 7) is 23.7. The molecule has 0 aliphatic carbocycles. The average Bonchev–Trinajstić information content (AvgIpc) is 3.48. The molecule has 0 aromatic heterocycles. The van der Waals surface area contributed by atoms with Crippen molar-refractivity contribution in [2.45, 2.75) is 171 Å². The molecule has 0 fully saturated rings. The number of rotatable bonds is 20. The molecule has 266 valence electrons. The van der Waals surface area contributed by atoms with Gasteiger partial charge in [0.1, 0.15) is 0 Å². The smallest absolute Gasteiger partial charge is 0.493 e. The van der Waals surface area contributed by atoms with Crippen molar-refractivity contribution in [3.05, 3.63) is 100 Å². The number of benzene rings is 2. The molecule has 0 N–H and O–H groups in total. The van der Waals surface area contributed by atoms with Gasteiger partial charge in [-0.3, -0.25) is 0 Å². The molecule has 2 aromatic carbocycles. The quantitative estimate of drug-likeness (QED) is 0.0753. The van der Waals surface area contributed by atoms with Gasteiger partial charge in [-0.05, 0) is 135 Å². The number of aryl methyl sites for hydroxylation is 4. The van der Waals surface area contributed by atoms with Crippen LogP contribution in [0.15, 0.2) is 36.4 Å². The number of hydrogen-bond donors (Lipinski definition) is 0. The van der Waals surface area contributed by atoms with Crippen LogP contribution in [0.2, 0.25) is 0 Å². The molecular weight excluding hydrogens is 615 g/mol. The van der Waals surface area contributed by atoms with Gasteiger partial charge in [-0.25, -0.2) is 4.70 Å². The minimum atomic E-state index is 0. The summed E-state index contributed by atoms with van der Waals surface area (Å²) in [6.07, 6.45) is 25.8. The molecular formula is C44H70N2Ni. The second-order valence-corrected chi connectivity index (χ2v) is 12.6. The summed E-state index contributed by atoms with van der Waals surface area (Å²) in [7, 11) is 0. The number of allylic oxidation sites excluding steroid dienone is 2. The number of nitrogens with zero attached hydrogens (tertiary/aromatic N) is 2. The van der Waals surface area contributed by atoms with Gasteiger partial charge in [0.15, 0.2) is 0 Å². The van der Waals surface area contributed by atoms with Crippen molar-refractivity contribution in [3.8, 4) is 0 Å². The second-order valence-electron chi connectivity index (χ2n) is 12.6. The van der Waals surface area contributed by atoms with Crippen LogP contribution >= 0.6 is 0 Å². The van der Waals surface area contributed by atoms with Crippen LogP contribution in [0.3, 0.4) is 0 Å². The Morgan fingerprint density at radius 1 is 0.447 bits per heavy atom. The van der Waals surface area contributed by atoms with E-state index < -0.39 is 0 Å². The van der Waals surface area contributed by atoms with Gasteiger partial charge in [-0.2, -0.15) is 13.8 Å². The van der Waals surface area contributed by atoms with E-state index in [1.807, 2.05) is 0 Å². The maximum Gasteiger partial charge on any atom is 2.00 e. The summed E-state index contributed by atoms with van der Waals surface area (Å²) in [5, 5.41) is 0. The Bertz CT molecular complexity index is 1070. The van der Waals surface area contributed by atoms with Crippen LogP contribution in [0.5, 0.6) is 0 Å². The van der Waals surface area contributed by atoms with Crippen LogP contribution in [0, 0.1) is 13.8 Å². The zero-order valence-corrected chi connectivity index (χ0v) is 32.8. The predicted molar refractivity (Wildman–Crippen MR) is 206 cm³/mol. The van der Waals surface area contributed by atoms with Crippen LogP contribution in [-0.4, -0.2) is 4.70 Å². The summed E-state index contributed by atoms with van der Waals surface area (Å²) < 4.78 is 1.49. The zero-order valence-electron chi connectivity index (χ0n) is 31.8. The van der Waals surface area contributed by atoms with Crippen molar-refractivity contribution in [3.63, 3.8) is 0 Å². The van der Waals surface area contributed by atoms with E-state index in [-0.39, 0.29) is 16.5 Å². The molecule has 1 heterocycles. The molecule has 2 nitrogen and oxygen atoms in total. The molecule has 0 saturated heterocycles. The van der Waals surface area contributed by atoms with Gasteiger partial charge in [0.2, 0.25) is 11.4 Å². The first-order valence-electron chi connectivity index (χ1n) is 19.1. The zero-order chi connectivity index (χ0) is 34.3. The molecule has 3 rings (SSSR count). The van der Waals surface area contributed by atoms with E-state index in [0.717, 1.165) is 48.2 Å². The van der Waals surface area contributed by atoms with Crippen LogP contribution in [0.25, 0.3) is 16.9 Å². The van der Waals surface area contributed by atoms with E-state index >= 15 is 0 Å². The first kappa shape index (κ1) is 45.0. The van der Waals surface area contributed by atoms with Crippen LogP contribution < -0.4 is 0 Å². The first-order valence-corrected chi connectivity index (χ1v) is 19.1. The Morgan fingerprint density at radius 2 is 0.681 bits per heavy atom. The maximum absolute atomic E-state index is 11.7. The Kier molecular flexibility index (Phi) is 25.8. The third kappa shape index (κ3) is 13.8. The van der Waals surface area contributed by atoms with E-state index in [2.05, 4.69) is 91.8 Å². The Morgan fingerprint density at radius 3 is 0.915 bits per heavy atom. The van der Waals surface area contributed by atoms with Gasteiger partial charge in [-0.1, -0.05) is 80.1 Å². The molecule has 2 aromatic rings. The fraction of sp³-hybridized carbons (Fsp3) is 0.591. The molecule has 0 spiro atoms. The summed E-state index contributed by atoms with van der Waals surface area (Å²) >= 11 is 0. The third-order valence-electron chi connectivity index (χ3n) is 9.08. The summed E-state index contributed by atoms with van der Waals surface area (Å²) in [5.74, 6) is 0. The van der Waals surface area contributed by atoms with Crippen molar-refractivity contribution >= 4 is 11.4 Å². The predicted octanol–water partition coefficient (Wildman–Crippen LogP) is 13.9. The molecule has 3 heteroatoms. The molecule has 0 amide bonds. The fourth-order valence-corrected chi connectivity index (χ4v) is 6.47. The van der Waals surface area contributed by atoms with Crippen LogP contribution in [0.4, 0.5) is 0 Å². The summed E-state index contributed by atoms with van der Waals surface area (Å²) in [4.78, 5) is 0. The van der Waals surface area contributed by atoms with Gasteiger partial charge < -0.3 is 19.4 Å². The molecule has 0 atom stereocenters. The Hall–Kier alpha value is -1.99. The van der Waals surface area contributed by atoms with Gasteiger partial charge in [0.25, 0.3) is 0 Å². The van der Waals surface area contributed by atoms with Crippen molar-refractivity contribution in [2.24, 2.45) is 0 Å². The first-order chi connectivity index (χ1) is 22.5. The molecule has 0 unspecified atom stereocenters. The normalized spacial score (nSPS) is 12.0. The largest absolute Gasteiger partial charge is 2.00 e.